The first-order chi connectivity index (χ1) is 50.2. The van der Waals surface area contributed by atoms with Crippen molar-refractivity contribution >= 4 is 44.6 Å². The number of aromatic nitrogens is 2. The Balaban J connectivity index is 0.885. The van der Waals surface area contributed by atoms with Gasteiger partial charge in [-0.2, -0.15) is 0 Å². The van der Waals surface area contributed by atoms with E-state index in [4.69, 9.17) is 39.1 Å². The first-order valence-electron chi connectivity index (χ1n) is 38.0. The minimum atomic E-state index is -0.630. The van der Waals surface area contributed by atoms with Crippen LogP contribution in [0.25, 0.3) is 83.3 Å². The smallest absolute Gasteiger partial charge is 0.143 e. The Morgan fingerprint density at radius 1 is 0.395 bits per heavy atom. The topological polar surface area (TPSA) is 42.8 Å². The van der Waals surface area contributed by atoms with Crippen LogP contribution >= 0.6 is 0 Å². The molecule has 0 fully saturated rings. The highest BCUT2D eigenvalue weighted by atomic mass is 16.5. The van der Waals surface area contributed by atoms with E-state index >= 15 is 0 Å². The molecule has 6 heteroatoms. The Morgan fingerprint density at radius 3 is 1.57 bits per heavy atom. The van der Waals surface area contributed by atoms with E-state index in [0.717, 1.165) is 21.9 Å². The number of hydrogen-bond acceptors (Lipinski definition) is 5. The molecule has 0 saturated carbocycles. The van der Waals surface area contributed by atoms with Gasteiger partial charge in [0.2, 0.25) is 0 Å². The van der Waals surface area contributed by atoms with Gasteiger partial charge in [0.25, 0.3) is 0 Å². The minimum absolute atomic E-state index is 0.0156. The van der Waals surface area contributed by atoms with Crippen molar-refractivity contribution < 1.29 is 36.9 Å². The average molecular weight is 1140 g/mol. The van der Waals surface area contributed by atoms with Gasteiger partial charge in [0.05, 0.1) is 55.5 Å². The molecule has 3 heterocycles. The maximum Gasteiger partial charge on any atom is 0.143 e. The maximum absolute atomic E-state index is 9.42. The Labute approximate surface area is 532 Å². The first kappa shape index (κ1) is 35.6. The van der Waals surface area contributed by atoms with Crippen LogP contribution in [0.1, 0.15) is 80.1 Å². The molecule has 0 radical (unpaired) electrons. The number of pyridine rings is 1. The van der Waals surface area contributed by atoms with Crippen molar-refractivity contribution in [3.63, 3.8) is 0 Å². The third-order valence-electron chi connectivity index (χ3n) is 15.4. The van der Waals surface area contributed by atoms with E-state index in [1.165, 1.54) is 0 Å². The molecule has 1 aliphatic rings. The second kappa shape index (κ2) is 22.0. The fourth-order valence-corrected chi connectivity index (χ4v) is 11.2. The summed E-state index contributed by atoms with van der Waals surface area (Å²) in [6.45, 7) is 11.9. The molecule has 0 unspecified atom stereocenters. The normalized spacial score (nSPS) is 15.7. The number of fused-ring (bicyclic) bond motifs is 4. The standard InChI is InChI=1S/C80H66N4O2/c1-79(2,3)60-46-58(54-25-11-7-12-26-54)45-59(47-60)71-49-61(80(4,5)6)48-70(57-31-17-10-18-32-57)78(71)86-65-43-44-81-76(52-65)84-72-38-20-19-35-68(72)69-42-41-64(51-75(69)84)85-63-34-23-33-62(50-63)82-53-83(74-40-22-21-39-73(74)82)77-66(55-27-13-8-14-28-55)36-24-37-67(77)56-29-15-9-16-30-56/h7-52H,53H2,1-6H3/i7D,8D,9D,10D,11D,12D,13D,14D,15D,16D,17D,18D,25D,26D,27D,28D,29D,30D,31D,32D. The molecular weight excluding hydrogens is 1050 g/mol. The van der Waals surface area contributed by atoms with Crippen LogP contribution in [-0.4, -0.2) is 16.2 Å². The van der Waals surface area contributed by atoms with E-state index in [2.05, 4.69) is 0 Å². The van der Waals surface area contributed by atoms with Gasteiger partial charge in [-0.25, -0.2) is 4.98 Å². The molecule has 11 aromatic carbocycles. The Bertz CT molecular complexity index is 5700. The molecule has 6 nitrogen and oxygen atoms in total. The van der Waals surface area contributed by atoms with Crippen LogP contribution in [0.4, 0.5) is 22.7 Å². The van der Waals surface area contributed by atoms with Crippen molar-refractivity contribution in [2.45, 2.75) is 52.4 Å². The summed E-state index contributed by atoms with van der Waals surface area (Å²) in [5.41, 5.74) is 4.98. The number of rotatable bonds is 12. The molecule has 0 saturated heterocycles. The number of ether oxygens (including phenoxy) is 2. The molecule has 0 atom stereocenters. The molecule has 0 amide bonds. The minimum Gasteiger partial charge on any atom is -0.457 e. The second-order valence-corrected chi connectivity index (χ2v) is 23.0. The monoisotopic (exact) mass is 1130 g/mol. The predicted octanol–water partition coefficient (Wildman–Crippen LogP) is 21.9. The summed E-state index contributed by atoms with van der Waals surface area (Å²) < 4.78 is 194. The van der Waals surface area contributed by atoms with Crippen LogP contribution in [0.5, 0.6) is 23.0 Å². The van der Waals surface area contributed by atoms with Crippen molar-refractivity contribution in [1.29, 1.82) is 0 Å². The van der Waals surface area contributed by atoms with E-state index in [1.807, 2.05) is 153 Å². The summed E-state index contributed by atoms with van der Waals surface area (Å²) in [6.07, 6.45) is 1.57. The molecule has 2 aromatic heterocycles. The van der Waals surface area contributed by atoms with Crippen molar-refractivity contribution in [2.75, 3.05) is 16.5 Å². The lowest BCUT2D eigenvalue weighted by atomic mass is 9.80. The van der Waals surface area contributed by atoms with Gasteiger partial charge in [0.1, 0.15) is 35.5 Å². The molecule has 86 heavy (non-hydrogen) atoms. The van der Waals surface area contributed by atoms with Gasteiger partial charge in [0, 0.05) is 63.1 Å². The van der Waals surface area contributed by atoms with Crippen LogP contribution in [0.15, 0.2) is 279 Å². The van der Waals surface area contributed by atoms with E-state index in [-0.39, 0.29) is 62.8 Å². The van der Waals surface area contributed by atoms with Gasteiger partial charge < -0.3 is 19.3 Å². The molecule has 1 aliphatic heterocycles. The Kier molecular flexibility index (Phi) is 9.10. The summed E-state index contributed by atoms with van der Waals surface area (Å²) >= 11 is 0. The largest absolute Gasteiger partial charge is 0.457 e. The summed E-state index contributed by atoms with van der Waals surface area (Å²) in [6, 6.07) is 34.9. The highest BCUT2D eigenvalue weighted by Gasteiger charge is 2.32. The molecule has 418 valence electrons. The van der Waals surface area contributed by atoms with Crippen molar-refractivity contribution in [1.82, 2.24) is 9.55 Å². The maximum atomic E-state index is 9.42. The quantitative estimate of drug-likeness (QED) is 0.122. The van der Waals surface area contributed by atoms with Gasteiger partial charge in [-0.05, 0) is 122 Å². The molecule has 13 aromatic rings. The predicted molar refractivity (Wildman–Crippen MR) is 358 cm³/mol. The number of benzene rings is 11. The summed E-state index contributed by atoms with van der Waals surface area (Å²) in [7, 11) is 0. The van der Waals surface area contributed by atoms with Crippen LogP contribution in [0, 0.1) is 0 Å². The lowest BCUT2D eigenvalue weighted by Crippen LogP contribution is -2.24. The molecule has 0 aliphatic carbocycles. The van der Waals surface area contributed by atoms with Crippen LogP contribution in [0.2, 0.25) is 0 Å². The highest BCUT2D eigenvalue weighted by Crippen LogP contribution is 2.51. The lowest BCUT2D eigenvalue weighted by molar-refractivity contribution is 0.483. The highest BCUT2D eigenvalue weighted by molar-refractivity contribution is 6.09. The van der Waals surface area contributed by atoms with E-state index in [0.29, 0.717) is 62.1 Å². The molecule has 0 spiro atoms. The Morgan fingerprint density at radius 2 is 0.919 bits per heavy atom. The summed E-state index contributed by atoms with van der Waals surface area (Å²) in [4.78, 5) is 8.77. The summed E-state index contributed by atoms with van der Waals surface area (Å²) in [5, 5.41) is 1.71. The van der Waals surface area contributed by atoms with E-state index in [1.54, 1.807) is 60.8 Å². The average Bonchev–Trinajstić information content (AvgIpc) is 1.01. The van der Waals surface area contributed by atoms with E-state index < -0.39 is 132 Å². The fraction of sp³-hybridized carbons (Fsp3) is 0.113. The van der Waals surface area contributed by atoms with Gasteiger partial charge >= 0.3 is 0 Å². The molecular formula is C80H66N4O2. The molecule has 14 rings (SSSR count). The van der Waals surface area contributed by atoms with Gasteiger partial charge in [-0.1, -0.05) is 229 Å². The summed E-state index contributed by atoms with van der Waals surface area (Å²) in [5.74, 6) is 1.54. The van der Waals surface area contributed by atoms with Crippen molar-refractivity contribution in [2.24, 2.45) is 0 Å². The zero-order valence-electron chi connectivity index (χ0n) is 67.8. The van der Waals surface area contributed by atoms with Gasteiger partial charge in [0.15, 0.2) is 0 Å². The lowest BCUT2D eigenvalue weighted by Gasteiger charge is -2.27. The van der Waals surface area contributed by atoms with Crippen molar-refractivity contribution in [3.8, 4) is 84.5 Å². The number of anilines is 4. The first-order valence-corrected chi connectivity index (χ1v) is 28.0. The van der Waals surface area contributed by atoms with Crippen LogP contribution < -0.4 is 19.3 Å². The van der Waals surface area contributed by atoms with Crippen LogP contribution in [0.3, 0.4) is 0 Å². The van der Waals surface area contributed by atoms with Crippen molar-refractivity contribution in [3.05, 3.63) is 290 Å². The number of hydrogen-bond donors (Lipinski definition) is 0. The third-order valence-corrected chi connectivity index (χ3v) is 15.4. The van der Waals surface area contributed by atoms with Gasteiger partial charge in [-0.15, -0.1) is 0 Å². The third kappa shape index (κ3) is 10.2. The SMILES string of the molecule is [2H]c1c([2H])c([2H])c(-c2cc(-c3cc(C(C)(C)C)cc(-c4c([2H])c([2H])c([2H])c([2H])c4[2H])c3Oc3ccnc(-n4c5ccccc5c5ccc(Oc6cccc(N7CN(c8c(-c9c([2H])c([2H])c([2H])c([2H])c9[2H])cccc8-c8c([2H])c([2H])c([2H])c([2H])c8[2H])c8ccccc87)c6)cc54)c3)cc(C(C)(C)C)c2)c([2H])c1[2H]. The number of para-hydroxylation sites is 4. The zero-order valence-corrected chi connectivity index (χ0v) is 47.8. The van der Waals surface area contributed by atoms with Crippen LogP contribution in [-0.2, 0) is 10.8 Å². The fourth-order valence-electron chi connectivity index (χ4n) is 11.2. The van der Waals surface area contributed by atoms with Gasteiger partial charge in [-0.3, -0.25) is 4.57 Å². The number of nitrogens with zero attached hydrogens (tertiary/aromatic N) is 4. The van der Waals surface area contributed by atoms with E-state index in [9.17, 15) is 2.74 Å². The molecule has 0 bridgehead atoms. The second-order valence-electron chi connectivity index (χ2n) is 23.0. The zero-order chi connectivity index (χ0) is 75.9. The molecule has 0 N–H and O–H groups in total. The Hall–Kier alpha value is -10.4.